The summed E-state index contributed by atoms with van der Waals surface area (Å²) in [7, 11) is 0. The predicted octanol–water partition coefficient (Wildman–Crippen LogP) is 3.13. The van der Waals surface area contributed by atoms with Gasteiger partial charge in [-0.1, -0.05) is 18.1 Å². The van der Waals surface area contributed by atoms with Crippen LogP contribution in [0.4, 0.5) is 0 Å². The molecule has 0 bridgehead atoms. The number of aryl methyl sites for hydroxylation is 2. The van der Waals surface area contributed by atoms with E-state index in [1.165, 1.54) is 22.3 Å². The van der Waals surface area contributed by atoms with Crippen LogP contribution in [0.2, 0.25) is 0 Å². The molecule has 0 saturated heterocycles. The molecule has 0 heteroatoms. The van der Waals surface area contributed by atoms with Crippen LogP contribution < -0.4 is 0 Å². The van der Waals surface area contributed by atoms with Crippen molar-refractivity contribution in [2.75, 3.05) is 0 Å². The quantitative estimate of drug-likeness (QED) is 0.600. The molecule has 1 aromatic carbocycles. The third kappa shape index (κ3) is 2.12. The van der Waals surface area contributed by atoms with E-state index in [4.69, 9.17) is 6.42 Å². The zero-order chi connectivity index (χ0) is 9.84. The molecule has 0 heterocycles. The van der Waals surface area contributed by atoms with Crippen molar-refractivity contribution in [1.29, 1.82) is 0 Å². The van der Waals surface area contributed by atoms with Crippen molar-refractivity contribution in [3.63, 3.8) is 0 Å². The van der Waals surface area contributed by atoms with Gasteiger partial charge in [-0.2, -0.15) is 0 Å². The maximum absolute atomic E-state index is 6.87. The molecule has 0 nitrogen and oxygen atoms in total. The van der Waals surface area contributed by atoms with E-state index in [0.29, 0.717) is 0 Å². The smallest absolute Gasteiger partial charge is 0.0139 e. The second-order valence-electron chi connectivity index (χ2n) is 3.47. The Labute approximate surface area is 81.0 Å². The van der Waals surface area contributed by atoms with E-state index in [1.807, 2.05) is 0 Å². The second kappa shape index (κ2) is 4.14. The van der Waals surface area contributed by atoms with Gasteiger partial charge in [-0.05, 0) is 55.9 Å². The molecular weight excluding hydrogens is 156 g/mol. The summed E-state index contributed by atoms with van der Waals surface area (Å²) in [4.78, 5) is 0. The summed E-state index contributed by atoms with van der Waals surface area (Å²) in [5, 5.41) is 0. The molecule has 67 valence electrons. The average molecular weight is 171 g/mol. The van der Waals surface area contributed by atoms with Gasteiger partial charge in [0, 0.05) is 6.42 Å². The molecule has 0 aliphatic heterocycles. The molecule has 0 saturated carbocycles. The normalized spacial score (nSPS) is 9.69. The maximum Gasteiger partial charge on any atom is 0.0139 e. The Kier molecular flexibility index (Phi) is 3.14. The fourth-order valence-corrected chi connectivity index (χ4v) is 1.48. The van der Waals surface area contributed by atoms with Crippen molar-refractivity contribution in [1.82, 2.24) is 0 Å². The lowest BCUT2D eigenvalue weighted by molar-refractivity contribution is 1.000. The molecule has 0 amide bonds. The summed E-state index contributed by atoms with van der Waals surface area (Å²) in [5.74, 6) is 2.43. The summed E-state index contributed by atoms with van der Waals surface area (Å²) >= 11 is 0. The Morgan fingerprint density at radius 1 is 1.15 bits per heavy atom. The Balaban J connectivity index is 2.98. The minimum absolute atomic E-state index is 0.726. The first-order chi connectivity index (χ1) is 6.16. The van der Waals surface area contributed by atoms with Gasteiger partial charge < -0.3 is 0 Å². The van der Waals surface area contributed by atoms with E-state index in [9.17, 15) is 0 Å². The topological polar surface area (TPSA) is 0 Å². The van der Waals surface area contributed by atoms with Crippen LogP contribution >= 0.6 is 0 Å². The Morgan fingerprint density at radius 2 is 1.85 bits per heavy atom. The maximum atomic E-state index is 6.87. The first-order valence-corrected chi connectivity index (χ1v) is 4.62. The van der Waals surface area contributed by atoms with Gasteiger partial charge in [-0.3, -0.25) is 0 Å². The highest BCUT2D eigenvalue weighted by molar-refractivity contribution is 5.38. The third-order valence-corrected chi connectivity index (χ3v) is 2.69. The van der Waals surface area contributed by atoms with E-state index in [1.54, 1.807) is 0 Å². The predicted molar refractivity (Wildman–Crippen MR) is 56.1 cm³/mol. The summed E-state index contributed by atoms with van der Waals surface area (Å²) in [6.07, 6.45) is 8.53. The Bertz CT molecular complexity index is 340. The number of rotatable bonds is 2. The van der Waals surface area contributed by atoms with Gasteiger partial charge in [0.25, 0.3) is 0 Å². The molecule has 1 aromatic rings. The van der Waals surface area contributed by atoms with Crippen LogP contribution in [0.5, 0.6) is 0 Å². The molecule has 0 aliphatic rings. The zero-order valence-corrected chi connectivity index (χ0v) is 8.57. The lowest BCUT2D eigenvalue weighted by Gasteiger charge is -2.09. The number of hydrogen-bond donors (Lipinski definition) is 0. The largest absolute Gasteiger partial charge is 0.0888 e. The van der Waals surface area contributed by atoms with Gasteiger partial charge in [0.1, 0.15) is 0 Å². The fraction of sp³-hybridized carbons (Fsp3) is 0.385. The summed E-state index contributed by atoms with van der Waals surface area (Å²) in [6.45, 7) is 6.44. The number of benzene rings is 1. The van der Waals surface area contributed by atoms with Crippen LogP contribution in [-0.4, -0.2) is 0 Å². The molecule has 0 fully saturated rings. The lowest BCUT2D eigenvalue weighted by Crippen LogP contribution is -1.94. The van der Waals surface area contributed by atoms with Gasteiger partial charge in [-0.25, -0.2) is 0 Å². The first kappa shape index (κ1) is 9.86. The molecule has 0 unspecified atom stereocenters. The van der Waals surface area contributed by atoms with Gasteiger partial charge in [0.15, 0.2) is 0 Å². The minimum Gasteiger partial charge on any atom is -0.0888 e. The molecule has 0 aliphatic carbocycles. The molecule has 0 aromatic heterocycles. The molecular formula is C13H15. The molecule has 0 spiro atoms. The summed E-state index contributed by atoms with van der Waals surface area (Å²) < 4.78 is 0. The summed E-state index contributed by atoms with van der Waals surface area (Å²) in [5.41, 5.74) is 5.45. The summed E-state index contributed by atoms with van der Waals surface area (Å²) in [6, 6.07) is 4.32. The first-order valence-electron chi connectivity index (χ1n) is 4.62. The van der Waals surface area contributed by atoms with Crippen LogP contribution in [0.15, 0.2) is 12.1 Å². The Hall–Kier alpha value is -1.22. The van der Waals surface area contributed by atoms with Crippen LogP contribution in [0.3, 0.4) is 0 Å². The van der Waals surface area contributed by atoms with Crippen LogP contribution in [-0.2, 0) is 6.42 Å². The standard InChI is InChI=1S/C13H15/c1-5-6-7-13-9-8-10(2)11(3)12(13)4/h8-9H,6-7H2,2-4H3. The van der Waals surface area contributed by atoms with Crippen molar-refractivity contribution >= 4 is 0 Å². The highest BCUT2D eigenvalue weighted by Crippen LogP contribution is 2.18. The van der Waals surface area contributed by atoms with Gasteiger partial charge in [-0.15, -0.1) is 0 Å². The van der Waals surface area contributed by atoms with Crippen LogP contribution in [0.25, 0.3) is 0 Å². The van der Waals surface area contributed by atoms with Gasteiger partial charge in [0.05, 0.1) is 0 Å². The number of hydrogen-bond acceptors (Lipinski definition) is 0. The van der Waals surface area contributed by atoms with Crippen LogP contribution in [0.1, 0.15) is 28.7 Å². The van der Waals surface area contributed by atoms with Crippen molar-refractivity contribution < 1.29 is 0 Å². The molecule has 1 rings (SSSR count). The van der Waals surface area contributed by atoms with E-state index < -0.39 is 0 Å². The monoisotopic (exact) mass is 171 g/mol. The Morgan fingerprint density at radius 3 is 2.46 bits per heavy atom. The molecule has 0 N–H and O–H groups in total. The third-order valence-electron chi connectivity index (χ3n) is 2.69. The highest BCUT2D eigenvalue weighted by atomic mass is 14.1. The molecule has 13 heavy (non-hydrogen) atoms. The van der Waals surface area contributed by atoms with Gasteiger partial charge in [0.2, 0.25) is 0 Å². The van der Waals surface area contributed by atoms with E-state index >= 15 is 0 Å². The van der Waals surface area contributed by atoms with E-state index in [2.05, 4.69) is 38.8 Å². The van der Waals surface area contributed by atoms with Crippen LogP contribution in [0, 0.1) is 33.1 Å². The van der Waals surface area contributed by atoms with E-state index in [-0.39, 0.29) is 0 Å². The van der Waals surface area contributed by atoms with Crippen molar-refractivity contribution in [2.24, 2.45) is 0 Å². The average Bonchev–Trinajstić information content (AvgIpc) is 2.13. The fourth-order valence-electron chi connectivity index (χ4n) is 1.48. The SMILES string of the molecule is [C]#CCCc1ccc(C)c(C)c1C. The molecule has 1 radical (unpaired) electrons. The second-order valence-corrected chi connectivity index (χ2v) is 3.47. The molecule has 0 atom stereocenters. The highest BCUT2D eigenvalue weighted by Gasteiger charge is 2.02. The van der Waals surface area contributed by atoms with Crippen molar-refractivity contribution in [2.45, 2.75) is 33.6 Å². The zero-order valence-electron chi connectivity index (χ0n) is 8.57. The van der Waals surface area contributed by atoms with Gasteiger partial charge >= 0.3 is 0 Å². The van der Waals surface area contributed by atoms with E-state index in [0.717, 1.165) is 12.8 Å². The van der Waals surface area contributed by atoms with Crippen molar-refractivity contribution in [3.8, 4) is 5.92 Å². The van der Waals surface area contributed by atoms with Crippen molar-refractivity contribution in [3.05, 3.63) is 40.8 Å². The minimum atomic E-state index is 0.726. The lowest BCUT2D eigenvalue weighted by atomic mass is 9.96.